The smallest absolute Gasteiger partial charge is 0.145 e. The number of pyridine rings is 1. The summed E-state index contributed by atoms with van der Waals surface area (Å²) in [7, 11) is 1.66. The number of hydrogen-bond donors (Lipinski definition) is 1. The Morgan fingerprint density at radius 2 is 1.89 bits per heavy atom. The quantitative estimate of drug-likeness (QED) is 0.753. The summed E-state index contributed by atoms with van der Waals surface area (Å²) in [6, 6.07) is 16.1. The monoisotopic (exact) mass is 364 g/mol. The number of rotatable bonds is 5. The molecule has 0 radical (unpaired) electrons. The van der Waals surface area contributed by atoms with Gasteiger partial charge in [-0.2, -0.15) is 0 Å². The van der Waals surface area contributed by atoms with E-state index in [4.69, 9.17) is 9.47 Å². The van der Waals surface area contributed by atoms with E-state index in [1.165, 1.54) is 0 Å². The van der Waals surface area contributed by atoms with Gasteiger partial charge in [0.05, 0.1) is 26.4 Å². The van der Waals surface area contributed by atoms with Gasteiger partial charge in [0.15, 0.2) is 0 Å². The molecular formula is C22H24N2O3. The second-order valence-electron chi connectivity index (χ2n) is 6.77. The largest absolute Gasteiger partial charge is 0.494 e. The average Bonchev–Trinajstić information content (AvgIpc) is 2.74. The minimum atomic E-state index is -0.494. The van der Waals surface area contributed by atoms with Gasteiger partial charge in [-0.05, 0) is 34.9 Å². The predicted octanol–water partition coefficient (Wildman–Crippen LogP) is 3.28. The van der Waals surface area contributed by atoms with E-state index >= 15 is 0 Å². The lowest BCUT2D eigenvalue weighted by molar-refractivity contribution is 0.0143. The lowest BCUT2D eigenvalue weighted by atomic mass is 9.98. The standard InChI is InChI=1S/C22H24N2O3/c1-26-21-9-8-18(19-3-2-10-23-22(19)21)16-4-6-17(7-5-16)20(25)15-24-11-13-27-14-12-24/h2-10,20,25H,11-15H2,1H3/t20-/m0/s1. The van der Waals surface area contributed by atoms with E-state index < -0.39 is 6.10 Å². The number of aromatic nitrogens is 1. The molecule has 4 rings (SSSR count). The zero-order valence-electron chi connectivity index (χ0n) is 15.5. The fraction of sp³-hybridized carbons (Fsp3) is 0.318. The minimum absolute atomic E-state index is 0.494. The van der Waals surface area contributed by atoms with Crippen LogP contribution in [0.3, 0.4) is 0 Å². The van der Waals surface area contributed by atoms with Crippen LogP contribution in [0.2, 0.25) is 0 Å². The van der Waals surface area contributed by atoms with Gasteiger partial charge in [-0.15, -0.1) is 0 Å². The molecule has 5 nitrogen and oxygen atoms in total. The Morgan fingerprint density at radius 3 is 2.63 bits per heavy atom. The van der Waals surface area contributed by atoms with Crippen molar-refractivity contribution in [2.45, 2.75) is 6.10 Å². The van der Waals surface area contributed by atoms with Crippen molar-refractivity contribution in [1.29, 1.82) is 0 Å². The highest BCUT2D eigenvalue weighted by molar-refractivity contribution is 5.97. The summed E-state index contributed by atoms with van der Waals surface area (Å²) < 4.78 is 10.8. The second-order valence-corrected chi connectivity index (χ2v) is 6.77. The van der Waals surface area contributed by atoms with Crippen molar-refractivity contribution in [1.82, 2.24) is 9.88 Å². The topological polar surface area (TPSA) is 54.8 Å². The van der Waals surface area contributed by atoms with Crippen molar-refractivity contribution in [2.75, 3.05) is 40.0 Å². The van der Waals surface area contributed by atoms with Crippen LogP contribution in [0.25, 0.3) is 22.0 Å². The van der Waals surface area contributed by atoms with Crippen LogP contribution in [0.4, 0.5) is 0 Å². The number of methoxy groups -OCH3 is 1. The van der Waals surface area contributed by atoms with Gasteiger partial charge in [-0.3, -0.25) is 9.88 Å². The molecule has 1 aliphatic rings. The molecular weight excluding hydrogens is 340 g/mol. The zero-order valence-corrected chi connectivity index (χ0v) is 15.5. The molecule has 0 amide bonds. The number of aliphatic hydroxyl groups is 1. The van der Waals surface area contributed by atoms with Crippen LogP contribution in [0.1, 0.15) is 11.7 Å². The van der Waals surface area contributed by atoms with E-state index in [9.17, 15) is 5.11 Å². The fourth-order valence-corrected chi connectivity index (χ4v) is 3.58. The lowest BCUT2D eigenvalue weighted by Gasteiger charge is -2.28. The van der Waals surface area contributed by atoms with Crippen molar-refractivity contribution in [3.05, 3.63) is 60.3 Å². The number of hydrogen-bond acceptors (Lipinski definition) is 5. The van der Waals surface area contributed by atoms with Crippen molar-refractivity contribution < 1.29 is 14.6 Å². The number of nitrogens with zero attached hydrogens (tertiary/aromatic N) is 2. The second kappa shape index (κ2) is 8.05. The Labute approximate surface area is 159 Å². The molecule has 0 aliphatic carbocycles. The molecule has 140 valence electrons. The van der Waals surface area contributed by atoms with E-state index in [1.54, 1.807) is 13.3 Å². The maximum atomic E-state index is 10.6. The Kier molecular flexibility index (Phi) is 5.34. The summed E-state index contributed by atoms with van der Waals surface area (Å²) in [5, 5.41) is 11.6. The molecule has 2 aromatic carbocycles. The first-order chi connectivity index (χ1) is 13.3. The summed E-state index contributed by atoms with van der Waals surface area (Å²) >= 11 is 0. The molecule has 2 heterocycles. The van der Waals surface area contributed by atoms with Crippen molar-refractivity contribution >= 4 is 10.9 Å². The van der Waals surface area contributed by atoms with Crippen LogP contribution in [0.5, 0.6) is 5.75 Å². The van der Waals surface area contributed by atoms with Crippen LogP contribution in [0, 0.1) is 0 Å². The number of β-amino-alcohol motifs (C(OH)–C–C–N with tert-alkyl or cyclic N) is 1. The molecule has 1 aliphatic heterocycles. The van der Waals surface area contributed by atoms with Crippen molar-refractivity contribution in [2.24, 2.45) is 0 Å². The molecule has 27 heavy (non-hydrogen) atoms. The third-order valence-electron chi connectivity index (χ3n) is 5.09. The molecule has 0 saturated carbocycles. The van der Waals surface area contributed by atoms with Crippen LogP contribution >= 0.6 is 0 Å². The highest BCUT2D eigenvalue weighted by Gasteiger charge is 2.16. The Balaban J connectivity index is 1.58. The summed E-state index contributed by atoms with van der Waals surface area (Å²) in [5.41, 5.74) is 3.99. The normalized spacial score (nSPS) is 16.4. The van der Waals surface area contributed by atoms with Crippen LogP contribution in [0.15, 0.2) is 54.7 Å². The zero-order chi connectivity index (χ0) is 18.6. The number of ether oxygens (including phenoxy) is 2. The molecule has 1 atom stereocenters. The maximum absolute atomic E-state index is 10.6. The summed E-state index contributed by atoms with van der Waals surface area (Å²) in [6.45, 7) is 3.87. The van der Waals surface area contributed by atoms with Gasteiger partial charge in [0, 0.05) is 31.2 Å². The fourth-order valence-electron chi connectivity index (χ4n) is 3.58. The van der Waals surface area contributed by atoms with E-state index in [2.05, 4.69) is 34.1 Å². The molecule has 5 heteroatoms. The number of benzene rings is 2. The molecule has 0 spiro atoms. The van der Waals surface area contributed by atoms with Crippen LogP contribution in [-0.2, 0) is 4.74 Å². The van der Waals surface area contributed by atoms with Gasteiger partial charge in [-0.25, -0.2) is 0 Å². The SMILES string of the molecule is COc1ccc(-c2ccc([C@@H](O)CN3CCOCC3)cc2)c2cccnc12. The Bertz CT molecular complexity index is 905. The van der Waals surface area contributed by atoms with Gasteiger partial charge in [0.25, 0.3) is 0 Å². The Hall–Kier alpha value is -2.47. The van der Waals surface area contributed by atoms with Gasteiger partial charge in [-0.1, -0.05) is 30.3 Å². The van der Waals surface area contributed by atoms with E-state index in [1.807, 2.05) is 24.3 Å². The van der Waals surface area contributed by atoms with Gasteiger partial charge in [0.1, 0.15) is 11.3 Å². The third kappa shape index (κ3) is 3.81. The van der Waals surface area contributed by atoms with Crippen molar-refractivity contribution in [3.8, 4) is 16.9 Å². The van der Waals surface area contributed by atoms with E-state index in [0.717, 1.165) is 59.6 Å². The van der Waals surface area contributed by atoms with Crippen LogP contribution in [-0.4, -0.2) is 54.9 Å². The van der Waals surface area contributed by atoms with Gasteiger partial charge >= 0.3 is 0 Å². The average molecular weight is 364 g/mol. The predicted molar refractivity (Wildman–Crippen MR) is 106 cm³/mol. The summed E-state index contributed by atoms with van der Waals surface area (Å²) in [4.78, 5) is 6.71. The number of fused-ring (bicyclic) bond motifs is 1. The maximum Gasteiger partial charge on any atom is 0.145 e. The van der Waals surface area contributed by atoms with Gasteiger partial charge in [0.2, 0.25) is 0 Å². The molecule has 0 bridgehead atoms. The minimum Gasteiger partial charge on any atom is -0.494 e. The first-order valence-electron chi connectivity index (χ1n) is 9.26. The highest BCUT2D eigenvalue weighted by Crippen LogP contribution is 2.33. The van der Waals surface area contributed by atoms with E-state index in [-0.39, 0.29) is 0 Å². The highest BCUT2D eigenvalue weighted by atomic mass is 16.5. The van der Waals surface area contributed by atoms with Crippen molar-refractivity contribution in [3.63, 3.8) is 0 Å². The van der Waals surface area contributed by atoms with E-state index in [0.29, 0.717) is 6.54 Å². The molecule has 1 saturated heterocycles. The molecule has 1 fully saturated rings. The van der Waals surface area contributed by atoms with Crippen LogP contribution < -0.4 is 4.74 Å². The molecule has 1 aromatic heterocycles. The van der Waals surface area contributed by atoms with Gasteiger partial charge < -0.3 is 14.6 Å². The molecule has 3 aromatic rings. The summed E-state index contributed by atoms with van der Waals surface area (Å²) in [6.07, 6.45) is 1.28. The number of aliphatic hydroxyl groups excluding tert-OH is 1. The lowest BCUT2D eigenvalue weighted by Crippen LogP contribution is -2.38. The Morgan fingerprint density at radius 1 is 1.11 bits per heavy atom. The molecule has 1 N–H and O–H groups in total. The number of morpholine rings is 1. The first kappa shape index (κ1) is 17.9. The molecule has 0 unspecified atom stereocenters. The third-order valence-corrected chi connectivity index (χ3v) is 5.09. The summed E-state index contributed by atoms with van der Waals surface area (Å²) in [5.74, 6) is 0.770. The first-order valence-corrected chi connectivity index (χ1v) is 9.26.